The number of benzene rings is 1. The predicted molar refractivity (Wildman–Crippen MR) is 75.8 cm³/mol. The standard InChI is InChI=1S/C13H17BrClNO2/c1-13(2)17-8-11(18-13)7-16-6-9-3-4-10(14)5-12(9)15/h3-5,11,16H,6-8H2,1-2H3. The van der Waals surface area contributed by atoms with Crippen LogP contribution < -0.4 is 5.32 Å². The van der Waals surface area contributed by atoms with Crippen molar-refractivity contribution in [2.45, 2.75) is 32.3 Å². The molecule has 0 aliphatic carbocycles. The smallest absolute Gasteiger partial charge is 0.163 e. The van der Waals surface area contributed by atoms with E-state index in [0.717, 1.165) is 28.1 Å². The monoisotopic (exact) mass is 333 g/mol. The van der Waals surface area contributed by atoms with Crippen LogP contribution in [0.3, 0.4) is 0 Å². The van der Waals surface area contributed by atoms with E-state index in [1.807, 2.05) is 32.0 Å². The van der Waals surface area contributed by atoms with Gasteiger partial charge in [0.15, 0.2) is 5.79 Å². The average Bonchev–Trinajstić information content (AvgIpc) is 2.61. The highest BCUT2D eigenvalue weighted by Crippen LogP contribution is 2.23. The topological polar surface area (TPSA) is 30.5 Å². The molecule has 2 rings (SSSR count). The van der Waals surface area contributed by atoms with Gasteiger partial charge in [-0.15, -0.1) is 0 Å². The second-order valence-electron chi connectivity index (χ2n) is 4.82. The Morgan fingerprint density at radius 3 is 2.89 bits per heavy atom. The molecule has 0 bridgehead atoms. The van der Waals surface area contributed by atoms with E-state index in [2.05, 4.69) is 21.2 Å². The van der Waals surface area contributed by atoms with Gasteiger partial charge in [-0.2, -0.15) is 0 Å². The molecule has 100 valence electrons. The van der Waals surface area contributed by atoms with Crippen LogP contribution in [0.15, 0.2) is 22.7 Å². The van der Waals surface area contributed by atoms with Gasteiger partial charge in [0.25, 0.3) is 0 Å². The molecule has 1 atom stereocenters. The molecule has 1 aliphatic rings. The summed E-state index contributed by atoms with van der Waals surface area (Å²) in [6.07, 6.45) is 0.106. The lowest BCUT2D eigenvalue weighted by molar-refractivity contribution is -0.137. The Morgan fingerprint density at radius 2 is 2.28 bits per heavy atom. The summed E-state index contributed by atoms with van der Waals surface area (Å²) in [5.74, 6) is -0.457. The Morgan fingerprint density at radius 1 is 1.50 bits per heavy atom. The van der Waals surface area contributed by atoms with Crippen LogP contribution in [0.25, 0.3) is 0 Å². The van der Waals surface area contributed by atoms with E-state index in [1.54, 1.807) is 0 Å². The van der Waals surface area contributed by atoms with Crippen molar-refractivity contribution in [3.63, 3.8) is 0 Å². The summed E-state index contributed by atoms with van der Waals surface area (Å²) < 4.78 is 12.2. The molecule has 1 fully saturated rings. The fourth-order valence-corrected chi connectivity index (χ4v) is 2.64. The van der Waals surface area contributed by atoms with Gasteiger partial charge >= 0.3 is 0 Å². The van der Waals surface area contributed by atoms with Crippen LogP contribution in [-0.2, 0) is 16.0 Å². The fraction of sp³-hybridized carbons (Fsp3) is 0.538. The molecule has 0 spiro atoms. The van der Waals surface area contributed by atoms with Crippen LogP contribution in [0, 0.1) is 0 Å². The fourth-order valence-electron chi connectivity index (χ4n) is 1.90. The van der Waals surface area contributed by atoms with Crippen LogP contribution in [0.5, 0.6) is 0 Å². The Hall–Kier alpha value is -0.130. The van der Waals surface area contributed by atoms with Gasteiger partial charge in [-0.1, -0.05) is 33.6 Å². The van der Waals surface area contributed by atoms with E-state index in [4.69, 9.17) is 21.1 Å². The summed E-state index contributed by atoms with van der Waals surface area (Å²) in [6, 6.07) is 5.90. The molecular formula is C13H17BrClNO2. The zero-order valence-electron chi connectivity index (χ0n) is 10.5. The van der Waals surface area contributed by atoms with Crippen molar-refractivity contribution < 1.29 is 9.47 Å². The van der Waals surface area contributed by atoms with E-state index in [9.17, 15) is 0 Å². The van der Waals surface area contributed by atoms with Crippen molar-refractivity contribution in [3.8, 4) is 0 Å². The average molecular weight is 335 g/mol. The lowest BCUT2D eigenvalue weighted by Gasteiger charge is -2.17. The van der Waals surface area contributed by atoms with Crippen molar-refractivity contribution in [1.82, 2.24) is 5.32 Å². The van der Waals surface area contributed by atoms with Gasteiger partial charge in [0.1, 0.15) is 0 Å². The van der Waals surface area contributed by atoms with Gasteiger partial charge in [-0.3, -0.25) is 0 Å². The summed E-state index contributed by atoms with van der Waals surface area (Å²) in [5.41, 5.74) is 1.08. The quantitative estimate of drug-likeness (QED) is 0.916. The molecule has 0 aromatic heterocycles. The first kappa shape index (κ1) is 14.3. The summed E-state index contributed by atoms with van der Waals surface area (Å²) in [6.45, 7) is 5.98. The second kappa shape index (κ2) is 5.88. The SMILES string of the molecule is CC1(C)OCC(CNCc2ccc(Br)cc2Cl)O1. The molecule has 5 heteroatoms. The van der Waals surface area contributed by atoms with Crippen LogP contribution in [-0.4, -0.2) is 25.0 Å². The summed E-state index contributed by atoms with van der Waals surface area (Å²) >= 11 is 9.53. The first-order chi connectivity index (χ1) is 8.46. The summed E-state index contributed by atoms with van der Waals surface area (Å²) in [4.78, 5) is 0. The third kappa shape index (κ3) is 3.93. The highest BCUT2D eigenvalue weighted by molar-refractivity contribution is 9.10. The zero-order chi connectivity index (χ0) is 13.2. The molecule has 1 aromatic carbocycles. The second-order valence-corrected chi connectivity index (χ2v) is 6.14. The minimum atomic E-state index is -0.457. The largest absolute Gasteiger partial charge is 0.348 e. The predicted octanol–water partition coefficient (Wildman–Crippen LogP) is 3.34. The number of ether oxygens (including phenoxy) is 2. The number of nitrogens with one attached hydrogen (secondary N) is 1. The van der Waals surface area contributed by atoms with Gasteiger partial charge in [0.2, 0.25) is 0 Å². The lowest BCUT2D eigenvalue weighted by Crippen LogP contribution is -2.30. The molecule has 3 nitrogen and oxygen atoms in total. The summed E-state index contributed by atoms with van der Waals surface area (Å²) in [5, 5.41) is 4.10. The minimum Gasteiger partial charge on any atom is -0.348 e. The molecular weight excluding hydrogens is 318 g/mol. The number of halogens is 2. The molecule has 18 heavy (non-hydrogen) atoms. The Balaban J connectivity index is 1.79. The molecule has 1 saturated heterocycles. The van der Waals surface area contributed by atoms with Gasteiger partial charge in [0.05, 0.1) is 12.7 Å². The van der Waals surface area contributed by atoms with Crippen molar-refractivity contribution in [2.75, 3.05) is 13.2 Å². The van der Waals surface area contributed by atoms with Crippen LogP contribution in [0.2, 0.25) is 5.02 Å². The van der Waals surface area contributed by atoms with Crippen molar-refractivity contribution >= 4 is 27.5 Å². The molecule has 0 radical (unpaired) electrons. The Kier molecular flexibility index (Phi) is 4.67. The maximum Gasteiger partial charge on any atom is 0.163 e. The van der Waals surface area contributed by atoms with E-state index in [0.29, 0.717) is 6.61 Å². The molecule has 0 saturated carbocycles. The third-order valence-electron chi connectivity index (χ3n) is 2.77. The van der Waals surface area contributed by atoms with E-state index >= 15 is 0 Å². The molecule has 1 heterocycles. The van der Waals surface area contributed by atoms with E-state index in [1.165, 1.54) is 0 Å². The summed E-state index contributed by atoms with van der Waals surface area (Å²) in [7, 11) is 0. The highest BCUT2D eigenvalue weighted by atomic mass is 79.9. The van der Waals surface area contributed by atoms with E-state index < -0.39 is 5.79 Å². The molecule has 1 aliphatic heterocycles. The van der Waals surface area contributed by atoms with Gasteiger partial charge < -0.3 is 14.8 Å². The molecule has 1 N–H and O–H groups in total. The molecule has 1 aromatic rings. The number of hydrogen-bond acceptors (Lipinski definition) is 3. The van der Waals surface area contributed by atoms with Crippen LogP contribution >= 0.6 is 27.5 Å². The van der Waals surface area contributed by atoms with Crippen molar-refractivity contribution in [2.24, 2.45) is 0 Å². The first-order valence-corrected chi connectivity index (χ1v) is 7.10. The maximum absolute atomic E-state index is 6.14. The lowest BCUT2D eigenvalue weighted by atomic mass is 10.2. The maximum atomic E-state index is 6.14. The Labute approximate surface area is 121 Å². The number of rotatable bonds is 4. The zero-order valence-corrected chi connectivity index (χ0v) is 12.8. The van der Waals surface area contributed by atoms with Crippen LogP contribution in [0.1, 0.15) is 19.4 Å². The van der Waals surface area contributed by atoms with Gasteiger partial charge in [-0.25, -0.2) is 0 Å². The first-order valence-electron chi connectivity index (χ1n) is 5.93. The normalized spacial score (nSPS) is 22.3. The van der Waals surface area contributed by atoms with Crippen molar-refractivity contribution in [3.05, 3.63) is 33.3 Å². The van der Waals surface area contributed by atoms with E-state index in [-0.39, 0.29) is 6.10 Å². The van der Waals surface area contributed by atoms with Gasteiger partial charge in [0, 0.05) is 22.6 Å². The number of hydrogen-bond donors (Lipinski definition) is 1. The highest BCUT2D eigenvalue weighted by Gasteiger charge is 2.32. The molecule has 1 unspecified atom stereocenters. The third-order valence-corrected chi connectivity index (χ3v) is 3.61. The van der Waals surface area contributed by atoms with Crippen molar-refractivity contribution in [1.29, 1.82) is 0 Å². The van der Waals surface area contributed by atoms with Gasteiger partial charge in [-0.05, 0) is 31.5 Å². The van der Waals surface area contributed by atoms with Crippen LogP contribution in [0.4, 0.5) is 0 Å². The minimum absolute atomic E-state index is 0.106. The Bertz CT molecular complexity index is 425. The molecule has 0 amide bonds.